The van der Waals surface area contributed by atoms with Crippen LogP contribution in [0.15, 0.2) is 65.5 Å². The Morgan fingerprint density at radius 1 is 0.870 bits per heavy atom. The minimum atomic E-state index is 0.0249. The van der Waals surface area contributed by atoms with E-state index < -0.39 is 0 Å². The summed E-state index contributed by atoms with van der Waals surface area (Å²) in [6.07, 6.45) is 0. The molecule has 0 atom stereocenters. The average Bonchev–Trinajstić information content (AvgIpc) is 2.87. The Bertz CT molecular complexity index is 751. The number of H-pyrrole nitrogens is 1. The Hall–Kier alpha value is -2.17. The van der Waals surface area contributed by atoms with Gasteiger partial charge in [0.15, 0.2) is 0 Å². The highest BCUT2D eigenvalue weighted by Crippen LogP contribution is 2.17. The van der Waals surface area contributed by atoms with Crippen LogP contribution >= 0.6 is 11.3 Å². The molecule has 23 heavy (non-hydrogen) atoms. The van der Waals surface area contributed by atoms with Gasteiger partial charge in [0.2, 0.25) is 0 Å². The first-order valence-corrected chi connectivity index (χ1v) is 8.51. The number of aryl methyl sites for hydroxylation is 1. The molecule has 0 aliphatic rings. The zero-order valence-electron chi connectivity index (χ0n) is 13.2. The van der Waals surface area contributed by atoms with E-state index in [1.807, 2.05) is 19.1 Å². The third-order valence-corrected chi connectivity index (χ3v) is 4.76. The Labute approximate surface area is 140 Å². The molecule has 3 aromatic rings. The van der Waals surface area contributed by atoms with Crippen molar-refractivity contribution in [2.75, 3.05) is 0 Å². The maximum atomic E-state index is 11.6. The molecule has 3 nitrogen and oxygen atoms in total. The number of thiazole rings is 1. The maximum Gasteiger partial charge on any atom is 0.304 e. The van der Waals surface area contributed by atoms with Gasteiger partial charge >= 0.3 is 4.87 Å². The van der Waals surface area contributed by atoms with Gasteiger partial charge in [-0.25, -0.2) is 0 Å². The second-order valence-electron chi connectivity index (χ2n) is 5.68. The van der Waals surface area contributed by atoms with E-state index in [9.17, 15) is 4.79 Å². The number of aromatic amines is 1. The van der Waals surface area contributed by atoms with E-state index in [-0.39, 0.29) is 4.87 Å². The molecule has 0 fully saturated rings. The van der Waals surface area contributed by atoms with Gasteiger partial charge in [0.1, 0.15) is 0 Å². The summed E-state index contributed by atoms with van der Waals surface area (Å²) in [5.74, 6) is 0. The third kappa shape index (κ3) is 4.41. The third-order valence-electron chi connectivity index (χ3n) is 3.79. The summed E-state index contributed by atoms with van der Waals surface area (Å²) in [6, 6.07) is 20.9. The van der Waals surface area contributed by atoms with Crippen LogP contribution in [0.2, 0.25) is 0 Å². The SMILES string of the molecule is Cc1[nH]c(=O)sc1CN(Cc1ccccc1)Cc1ccccc1. The van der Waals surface area contributed by atoms with Crippen molar-refractivity contribution in [3.05, 3.63) is 92.0 Å². The van der Waals surface area contributed by atoms with Crippen LogP contribution in [0.25, 0.3) is 0 Å². The van der Waals surface area contributed by atoms with Crippen LogP contribution in [0.5, 0.6) is 0 Å². The van der Waals surface area contributed by atoms with E-state index in [4.69, 9.17) is 0 Å². The van der Waals surface area contributed by atoms with Crippen LogP contribution in [0.1, 0.15) is 21.7 Å². The molecule has 0 aliphatic carbocycles. The topological polar surface area (TPSA) is 36.1 Å². The van der Waals surface area contributed by atoms with Gasteiger partial charge in [-0.3, -0.25) is 9.69 Å². The molecule has 0 spiro atoms. The molecule has 0 radical (unpaired) electrons. The zero-order valence-corrected chi connectivity index (χ0v) is 14.0. The first kappa shape index (κ1) is 15.7. The van der Waals surface area contributed by atoms with E-state index in [0.717, 1.165) is 30.2 Å². The molecule has 0 aliphatic heterocycles. The van der Waals surface area contributed by atoms with Gasteiger partial charge in [-0.1, -0.05) is 72.0 Å². The smallest absolute Gasteiger partial charge is 0.304 e. The Balaban J connectivity index is 1.80. The minimum absolute atomic E-state index is 0.0249. The van der Waals surface area contributed by atoms with Crippen molar-refractivity contribution in [1.82, 2.24) is 9.88 Å². The molecule has 2 aromatic carbocycles. The van der Waals surface area contributed by atoms with Crippen molar-refractivity contribution in [1.29, 1.82) is 0 Å². The minimum Gasteiger partial charge on any atom is -0.317 e. The Morgan fingerprint density at radius 3 is 1.83 bits per heavy atom. The predicted molar refractivity (Wildman–Crippen MR) is 95.5 cm³/mol. The highest BCUT2D eigenvalue weighted by molar-refractivity contribution is 7.09. The molecule has 3 rings (SSSR count). The monoisotopic (exact) mass is 324 g/mol. The number of nitrogens with zero attached hydrogens (tertiary/aromatic N) is 1. The van der Waals surface area contributed by atoms with E-state index in [1.165, 1.54) is 22.5 Å². The summed E-state index contributed by atoms with van der Waals surface area (Å²) in [4.78, 5) is 17.9. The van der Waals surface area contributed by atoms with E-state index in [1.54, 1.807) is 0 Å². The molecular formula is C19H20N2OS. The van der Waals surface area contributed by atoms with Crippen molar-refractivity contribution in [3.8, 4) is 0 Å². The Morgan fingerprint density at radius 2 is 1.39 bits per heavy atom. The number of nitrogens with one attached hydrogen (secondary N) is 1. The largest absolute Gasteiger partial charge is 0.317 e. The van der Waals surface area contributed by atoms with Gasteiger partial charge < -0.3 is 4.98 Å². The molecule has 0 amide bonds. The van der Waals surface area contributed by atoms with E-state index in [2.05, 4.69) is 58.4 Å². The summed E-state index contributed by atoms with van der Waals surface area (Å²) in [6.45, 7) is 4.47. The van der Waals surface area contributed by atoms with Crippen molar-refractivity contribution in [2.24, 2.45) is 0 Å². The van der Waals surface area contributed by atoms with Gasteiger partial charge in [0.25, 0.3) is 0 Å². The number of rotatable bonds is 6. The highest BCUT2D eigenvalue weighted by Gasteiger charge is 2.12. The maximum absolute atomic E-state index is 11.6. The summed E-state index contributed by atoms with van der Waals surface area (Å²) >= 11 is 1.31. The lowest BCUT2D eigenvalue weighted by Gasteiger charge is -2.22. The van der Waals surface area contributed by atoms with Crippen LogP contribution in [-0.4, -0.2) is 9.88 Å². The first-order valence-electron chi connectivity index (χ1n) is 7.69. The fraction of sp³-hybridized carbons (Fsp3) is 0.211. The standard InChI is InChI=1S/C19H20N2OS/c1-15-18(23-19(22)20-15)14-21(12-16-8-4-2-5-9-16)13-17-10-6-3-7-11-17/h2-11H,12-14H2,1H3,(H,20,22). The molecule has 118 valence electrons. The van der Waals surface area contributed by atoms with Gasteiger partial charge in [-0.05, 0) is 18.1 Å². The lowest BCUT2D eigenvalue weighted by molar-refractivity contribution is 0.249. The normalized spacial score (nSPS) is 11.0. The number of hydrogen-bond acceptors (Lipinski definition) is 3. The molecule has 1 aromatic heterocycles. The molecule has 0 bridgehead atoms. The predicted octanol–water partition coefficient (Wildman–Crippen LogP) is 3.95. The van der Waals surface area contributed by atoms with Crippen LogP contribution < -0.4 is 4.87 Å². The van der Waals surface area contributed by atoms with E-state index in [0.29, 0.717) is 0 Å². The second-order valence-corrected chi connectivity index (χ2v) is 6.75. The molecule has 1 heterocycles. The van der Waals surface area contributed by atoms with E-state index >= 15 is 0 Å². The lowest BCUT2D eigenvalue weighted by atomic mass is 10.1. The summed E-state index contributed by atoms with van der Waals surface area (Å²) in [5, 5.41) is 0. The van der Waals surface area contributed by atoms with Crippen molar-refractivity contribution < 1.29 is 0 Å². The number of hydrogen-bond donors (Lipinski definition) is 1. The fourth-order valence-electron chi connectivity index (χ4n) is 2.64. The Kier molecular flexibility index (Phi) is 5.05. The van der Waals surface area contributed by atoms with Crippen molar-refractivity contribution in [2.45, 2.75) is 26.6 Å². The van der Waals surface area contributed by atoms with Crippen LogP contribution in [-0.2, 0) is 19.6 Å². The molecule has 0 saturated heterocycles. The summed E-state index contributed by atoms with van der Waals surface area (Å²) < 4.78 is 0. The van der Waals surface area contributed by atoms with Crippen LogP contribution in [0, 0.1) is 6.92 Å². The average molecular weight is 324 g/mol. The molecule has 4 heteroatoms. The summed E-state index contributed by atoms with van der Waals surface area (Å²) in [7, 11) is 0. The quantitative estimate of drug-likeness (QED) is 0.745. The van der Waals surface area contributed by atoms with Crippen LogP contribution in [0.3, 0.4) is 0 Å². The van der Waals surface area contributed by atoms with Gasteiger partial charge in [-0.2, -0.15) is 0 Å². The molecule has 0 saturated carbocycles. The number of aromatic nitrogens is 1. The molecule has 1 N–H and O–H groups in total. The number of benzene rings is 2. The second kappa shape index (κ2) is 7.40. The highest BCUT2D eigenvalue weighted by atomic mass is 32.1. The van der Waals surface area contributed by atoms with Gasteiger partial charge in [-0.15, -0.1) is 0 Å². The fourth-order valence-corrected chi connectivity index (χ4v) is 3.52. The van der Waals surface area contributed by atoms with Gasteiger partial charge in [0, 0.05) is 30.2 Å². The molecule has 0 unspecified atom stereocenters. The van der Waals surface area contributed by atoms with Gasteiger partial charge in [0.05, 0.1) is 0 Å². The molecular weight excluding hydrogens is 304 g/mol. The summed E-state index contributed by atoms with van der Waals surface area (Å²) in [5.41, 5.74) is 3.54. The zero-order chi connectivity index (χ0) is 16.1. The van der Waals surface area contributed by atoms with Crippen LogP contribution in [0.4, 0.5) is 0 Å². The first-order chi connectivity index (χ1) is 11.2. The lowest BCUT2D eigenvalue weighted by Crippen LogP contribution is -2.22. The van der Waals surface area contributed by atoms with Crippen molar-refractivity contribution in [3.63, 3.8) is 0 Å². The van der Waals surface area contributed by atoms with Crippen molar-refractivity contribution >= 4 is 11.3 Å².